The number of pyridine rings is 1. The number of rotatable bonds is 2. The first-order valence-electron chi connectivity index (χ1n) is 5.54. The highest BCUT2D eigenvalue weighted by molar-refractivity contribution is 9.10. The lowest BCUT2D eigenvalue weighted by Gasteiger charge is -2.07. The second-order valence-electron chi connectivity index (χ2n) is 3.78. The van der Waals surface area contributed by atoms with Gasteiger partial charge in [0.15, 0.2) is 0 Å². The van der Waals surface area contributed by atoms with Crippen LogP contribution in [0.3, 0.4) is 0 Å². The standard InChI is InChI=1S/C13H9BrClN3O2/c14-10-4-1-8(2-5-10)12(19)17-18-13(20)9-3-6-11(15)16-7-9/h1-7H,(H,17,19)(H,18,20). The molecule has 0 aliphatic carbocycles. The van der Waals surface area contributed by atoms with Gasteiger partial charge in [-0.3, -0.25) is 20.4 Å². The Bertz CT molecular complexity index is 572. The van der Waals surface area contributed by atoms with Crippen LogP contribution in [0.2, 0.25) is 5.15 Å². The number of carbonyl (C=O) groups is 2. The molecule has 0 saturated carbocycles. The number of aromatic nitrogens is 1. The van der Waals surface area contributed by atoms with Crippen LogP contribution < -0.4 is 10.9 Å². The van der Waals surface area contributed by atoms with E-state index >= 15 is 0 Å². The fourth-order valence-corrected chi connectivity index (χ4v) is 1.75. The maximum absolute atomic E-state index is 11.8. The number of carbonyl (C=O) groups excluding carboxylic acids is 2. The van der Waals surface area contributed by atoms with Crippen LogP contribution in [-0.2, 0) is 0 Å². The van der Waals surface area contributed by atoms with Crippen LogP contribution in [0.4, 0.5) is 0 Å². The normalized spacial score (nSPS) is 9.90. The molecule has 0 atom stereocenters. The number of hydrazine groups is 1. The van der Waals surface area contributed by atoms with E-state index in [1.54, 1.807) is 24.3 Å². The molecule has 0 spiro atoms. The Kier molecular flexibility index (Phi) is 4.70. The Morgan fingerprint density at radius 1 is 0.950 bits per heavy atom. The molecular weight excluding hydrogens is 346 g/mol. The zero-order valence-corrected chi connectivity index (χ0v) is 12.4. The van der Waals surface area contributed by atoms with E-state index in [0.717, 1.165) is 4.47 Å². The Morgan fingerprint density at radius 3 is 2.05 bits per heavy atom. The lowest BCUT2D eigenvalue weighted by molar-refractivity contribution is 0.0846. The van der Waals surface area contributed by atoms with Crippen molar-refractivity contribution in [2.75, 3.05) is 0 Å². The van der Waals surface area contributed by atoms with Crippen LogP contribution in [0.1, 0.15) is 20.7 Å². The maximum atomic E-state index is 11.8. The van der Waals surface area contributed by atoms with Gasteiger partial charge in [-0.2, -0.15) is 0 Å². The molecule has 0 bridgehead atoms. The topological polar surface area (TPSA) is 71.1 Å². The minimum atomic E-state index is -0.473. The molecule has 1 aromatic heterocycles. The monoisotopic (exact) mass is 353 g/mol. The van der Waals surface area contributed by atoms with Crippen LogP contribution >= 0.6 is 27.5 Å². The van der Waals surface area contributed by atoms with Gasteiger partial charge < -0.3 is 0 Å². The lowest BCUT2D eigenvalue weighted by Crippen LogP contribution is -2.41. The second-order valence-corrected chi connectivity index (χ2v) is 5.09. The van der Waals surface area contributed by atoms with Crippen molar-refractivity contribution in [1.82, 2.24) is 15.8 Å². The summed E-state index contributed by atoms with van der Waals surface area (Å²) in [6.45, 7) is 0. The number of nitrogens with one attached hydrogen (secondary N) is 2. The maximum Gasteiger partial charge on any atom is 0.271 e. The SMILES string of the molecule is O=C(NNC(=O)c1ccc(Cl)nc1)c1ccc(Br)cc1. The average molecular weight is 355 g/mol. The molecule has 20 heavy (non-hydrogen) atoms. The highest BCUT2D eigenvalue weighted by Crippen LogP contribution is 2.10. The van der Waals surface area contributed by atoms with Gasteiger partial charge in [-0.05, 0) is 36.4 Å². The molecule has 1 heterocycles. The van der Waals surface area contributed by atoms with Crippen molar-refractivity contribution in [3.63, 3.8) is 0 Å². The summed E-state index contributed by atoms with van der Waals surface area (Å²) in [7, 11) is 0. The number of benzene rings is 1. The highest BCUT2D eigenvalue weighted by atomic mass is 79.9. The summed E-state index contributed by atoms with van der Waals surface area (Å²) in [5.74, 6) is -0.882. The van der Waals surface area contributed by atoms with Crippen molar-refractivity contribution in [3.05, 3.63) is 63.3 Å². The molecule has 2 aromatic rings. The van der Waals surface area contributed by atoms with Crippen molar-refractivity contribution >= 4 is 39.3 Å². The van der Waals surface area contributed by atoms with E-state index in [9.17, 15) is 9.59 Å². The van der Waals surface area contributed by atoms with Crippen LogP contribution in [0, 0.1) is 0 Å². The Hall–Kier alpha value is -1.92. The van der Waals surface area contributed by atoms with Crippen LogP contribution in [-0.4, -0.2) is 16.8 Å². The fourth-order valence-electron chi connectivity index (χ4n) is 1.37. The summed E-state index contributed by atoms with van der Waals surface area (Å²) in [4.78, 5) is 27.3. The zero-order chi connectivity index (χ0) is 14.5. The zero-order valence-electron chi connectivity index (χ0n) is 10.1. The summed E-state index contributed by atoms with van der Waals surface area (Å²) in [5.41, 5.74) is 5.34. The number of nitrogens with zero attached hydrogens (tertiary/aromatic N) is 1. The summed E-state index contributed by atoms with van der Waals surface area (Å²) in [6.07, 6.45) is 1.32. The smallest absolute Gasteiger partial charge is 0.267 e. The highest BCUT2D eigenvalue weighted by Gasteiger charge is 2.09. The van der Waals surface area contributed by atoms with Crippen molar-refractivity contribution in [3.8, 4) is 0 Å². The second kappa shape index (κ2) is 6.49. The van der Waals surface area contributed by atoms with E-state index in [4.69, 9.17) is 11.6 Å². The largest absolute Gasteiger partial charge is 0.271 e. The first kappa shape index (κ1) is 14.5. The van der Waals surface area contributed by atoms with E-state index in [-0.39, 0.29) is 0 Å². The predicted octanol–water partition coefficient (Wildman–Crippen LogP) is 2.57. The molecule has 0 aliphatic rings. The van der Waals surface area contributed by atoms with Crippen molar-refractivity contribution < 1.29 is 9.59 Å². The molecule has 2 rings (SSSR count). The summed E-state index contributed by atoms with van der Waals surface area (Å²) in [6, 6.07) is 9.74. The van der Waals surface area contributed by atoms with Crippen molar-refractivity contribution in [2.45, 2.75) is 0 Å². The first-order chi connectivity index (χ1) is 9.56. The number of amides is 2. The van der Waals surface area contributed by atoms with Gasteiger partial charge in [0.25, 0.3) is 11.8 Å². The third-order valence-electron chi connectivity index (χ3n) is 2.39. The molecule has 0 radical (unpaired) electrons. The van der Waals surface area contributed by atoms with Gasteiger partial charge in [0.1, 0.15) is 5.15 Å². The number of hydrogen-bond acceptors (Lipinski definition) is 3. The molecule has 1 aromatic carbocycles. The number of hydrogen-bond donors (Lipinski definition) is 2. The molecule has 0 unspecified atom stereocenters. The average Bonchev–Trinajstić information content (AvgIpc) is 2.46. The Morgan fingerprint density at radius 2 is 1.50 bits per heavy atom. The van der Waals surface area contributed by atoms with E-state index in [1.807, 2.05) is 0 Å². The molecule has 0 aliphatic heterocycles. The van der Waals surface area contributed by atoms with Gasteiger partial charge >= 0.3 is 0 Å². The van der Waals surface area contributed by atoms with Gasteiger partial charge in [0, 0.05) is 16.2 Å². The molecule has 7 heteroatoms. The van der Waals surface area contributed by atoms with Gasteiger partial charge in [0.2, 0.25) is 0 Å². The van der Waals surface area contributed by atoms with E-state index in [2.05, 4.69) is 31.8 Å². The molecule has 2 N–H and O–H groups in total. The Balaban J connectivity index is 1.94. The Labute approximate surface area is 128 Å². The molecule has 102 valence electrons. The minimum Gasteiger partial charge on any atom is -0.267 e. The quantitative estimate of drug-likeness (QED) is 0.643. The van der Waals surface area contributed by atoms with E-state index < -0.39 is 11.8 Å². The third-order valence-corrected chi connectivity index (χ3v) is 3.14. The predicted molar refractivity (Wildman–Crippen MR) is 78.3 cm³/mol. The fraction of sp³-hybridized carbons (Fsp3) is 0. The lowest BCUT2D eigenvalue weighted by atomic mass is 10.2. The van der Waals surface area contributed by atoms with Crippen LogP contribution in [0.15, 0.2) is 47.1 Å². The number of halogens is 2. The van der Waals surface area contributed by atoms with Crippen molar-refractivity contribution in [2.24, 2.45) is 0 Å². The summed E-state index contributed by atoms with van der Waals surface area (Å²) >= 11 is 8.89. The van der Waals surface area contributed by atoms with E-state index in [0.29, 0.717) is 16.3 Å². The molecule has 2 amide bonds. The summed E-state index contributed by atoms with van der Waals surface area (Å²) < 4.78 is 0.866. The third kappa shape index (κ3) is 3.79. The first-order valence-corrected chi connectivity index (χ1v) is 6.71. The van der Waals surface area contributed by atoms with Crippen LogP contribution in [0.25, 0.3) is 0 Å². The molecule has 5 nitrogen and oxygen atoms in total. The van der Waals surface area contributed by atoms with E-state index in [1.165, 1.54) is 18.3 Å². The van der Waals surface area contributed by atoms with Gasteiger partial charge in [-0.25, -0.2) is 4.98 Å². The molecule has 0 saturated heterocycles. The molecule has 0 fully saturated rings. The van der Waals surface area contributed by atoms with Gasteiger partial charge in [0.05, 0.1) is 5.56 Å². The van der Waals surface area contributed by atoms with Crippen LogP contribution in [0.5, 0.6) is 0 Å². The van der Waals surface area contributed by atoms with Gasteiger partial charge in [-0.1, -0.05) is 27.5 Å². The molecular formula is C13H9BrClN3O2. The van der Waals surface area contributed by atoms with Gasteiger partial charge in [-0.15, -0.1) is 0 Å². The minimum absolute atomic E-state index is 0.292. The summed E-state index contributed by atoms with van der Waals surface area (Å²) in [5, 5.41) is 0.292. The van der Waals surface area contributed by atoms with Crippen molar-refractivity contribution in [1.29, 1.82) is 0 Å².